The molecule has 2 heterocycles. The molecule has 0 aliphatic heterocycles. The van der Waals surface area contributed by atoms with Crippen molar-refractivity contribution < 1.29 is 9.53 Å². The normalized spacial score (nSPS) is 11.1. The Balaban J connectivity index is 1.41. The second-order valence-corrected chi connectivity index (χ2v) is 9.38. The lowest BCUT2D eigenvalue weighted by atomic mass is 10.1. The lowest BCUT2D eigenvalue weighted by molar-refractivity contribution is 0.0977. The second-order valence-electron chi connectivity index (χ2n) is 8.02. The number of rotatable bonds is 6. The first kappa shape index (κ1) is 22.8. The number of aromatic nitrogens is 4. The molecule has 0 spiro atoms. The summed E-state index contributed by atoms with van der Waals surface area (Å²) in [6.45, 7) is 8.57. The average molecular weight is 481 g/mol. The van der Waals surface area contributed by atoms with Gasteiger partial charge in [-0.2, -0.15) is 9.61 Å². The van der Waals surface area contributed by atoms with Gasteiger partial charge >= 0.3 is 0 Å². The van der Waals surface area contributed by atoms with Crippen molar-refractivity contribution >= 4 is 45.2 Å². The lowest BCUT2D eigenvalue weighted by Crippen LogP contribution is -2.34. The smallest absolute Gasteiger partial charge is 0.257 e. The van der Waals surface area contributed by atoms with Gasteiger partial charge in [-0.1, -0.05) is 31.3 Å². The van der Waals surface area contributed by atoms with E-state index >= 15 is 0 Å². The molecule has 33 heavy (non-hydrogen) atoms. The molecule has 0 saturated heterocycles. The van der Waals surface area contributed by atoms with Gasteiger partial charge in [0.25, 0.3) is 5.91 Å². The summed E-state index contributed by atoms with van der Waals surface area (Å²) >= 11 is 6.84. The number of carbonyl (C=O) groups excluding carboxylic acids is 1. The van der Waals surface area contributed by atoms with Crippen molar-refractivity contribution in [2.75, 3.05) is 11.9 Å². The van der Waals surface area contributed by atoms with Gasteiger partial charge in [-0.05, 0) is 73.9 Å². The number of carbonyl (C=O) groups is 1. The zero-order valence-electron chi connectivity index (χ0n) is 18.7. The quantitative estimate of drug-likeness (QED) is 0.389. The zero-order valence-corrected chi connectivity index (χ0v) is 20.4. The molecule has 0 saturated carbocycles. The third kappa shape index (κ3) is 5.35. The molecular formula is C23H24N6O2S2. The molecule has 2 N–H and O–H groups in total. The van der Waals surface area contributed by atoms with Gasteiger partial charge in [0.05, 0.1) is 6.61 Å². The van der Waals surface area contributed by atoms with E-state index in [2.05, 4.69) is 39.8 Å². The minimum absolute atomic E-state index is 0.221. The molecule has 170 valence electrons. The summed E-state index contributed by atoms with van der Waals surface area (Å²) in [4.78, 5) is 13.4. The van der Waals surface area contributed by atoms with Crippen LogP contribution in [0.1, 0.15) is 35.6 Å². The first-order valence-corrected chi connectivity index (χ1v) is 11.7. The summed E-state index contributed by atoms with van der Waals surface area (Å²) in [6.07, 6.45) is 0. The van der Waals surface area contributed by atoms with Crippen molar-refractivity contribution in [2.24, 2.45) is 5.92 Å². The number of nitrogens with one attached hydrogen (secondary N) is 2. The number of thiocarbonyl (C=S) groups is 1. The maximum atomic E-state index is 12.6. The number of anilines is 1. The highest BCUT2D eigenvalue weighted by Crippen LogP contribution is 2.28. The fourth-order valence-corrected chi connectivity index (χ4v) is 4.17. The third-order valence-electron chi connectivity index (χ3n) is 4.77. The number of nitrogens with zero attached hydrogens (tertiary/aromatic N) is 4. The van der Waals surface area contributed by atoms with Crippen LogP contribution in [0, 0.1) is 19.8 Å². The van der Waals surface area contributed by atoms with Crippen LogP contribution in [0.4, 0.5) is 5.69 Å². The Labute approximate surface area is 201 Å². The van der Waals surface area contributed by atoms with Crippen LogP contribution < -0.4 is 15.4 Å². The molecule has 4 rings (SSSR count). The Bertz CT molecular complexity index is 1330. The van der Waals surface area contributed by atoms with Crippen molar-refractivity contribution in [3.05, 3.63) is 59.4 Å². The Morgan fingerprint density at radius 3 is 2.73 bits per heavy atom. The molecule has 8 nitrogen and oxygen atoms in total. The highest BCUT2D eigenvalue weighted by molar-refractivity contribution is 7.80. The number of aryl methyl sites for hydroxylation is 2. The number of ether oxygens (including phenoxy) is 1. The summed E-state index contributed by atoms with van der Waals surface area (Å²) in [5.74, 6) is 1.51. The van der Waals surface area contributed by atoms with Crippen LogP contribution in [-0.2, 0) is 0 Å². The van der Waals surface area contributed by atoms with E-state index in [0.29, 0.717) is 23.8 Å². The van der Waals surface area contributed by atoms with Crippen molar-refractivity contribution in [1.82, 2.24) is 25.1 Å². The Morgan fingerprint density at radius 2 is 2.00 bits per heavy atom. The highest BCUT2D eigenvalue weighted by atomic mass is 32.1. The van der Waals surface area contributed by atoms with Crippen molar-refractivity contribution in [3.8, 4) is 16.3 Å². The minimum atomic E-state index is -0.299. The van der Waals surface area contributed by atoms with Crippen LogP contribution in [0.2, 0.25) is 0 Å². The van der Waals surface area contributed by atoms with Crippen molar-refractivity contribution in [2.45, 2.75) is 27.7 Å². The highest BCUT2D eigenvalue weighted by Gasteiger charge is 2.13. The summed E-state index contributed by atoms with van der Waals surface area (Å²) < 4.78 is 7.43. The predicted octanol–water partition coefficient (Wildman–Crippen LogP) is 4.63. The number of amides is 1. The maximum Gasteiger partial charge on any atom is 0.257 e. The molecule has 2 aromatic heterocycles. The van der Waals surface area contributed by atoms with Crippen LogP contribution in [0.3, 0.4) is 0 Å². The van der Waals surface area contributed by atoms with E-state index in [1.807, 2.05) is 38.1 Å². The molecule has 10 heteroatoms. The summed E-state index contributed by atoms with van der Waals surface area (Å²) in [6, 6.07) is 12.9. The van der Waals surface area contributed by atoms with Gasteiger partial charge in [-0.25, -0.2) is 0 Å². The van der Waals surface area contributed by atoms with E-state index in [0.717, 1.165) is 32.6 Å². The van der Waals surface area contributed by atoms with E-state index in [1.165, 1.54) is 11.3 Å². The van der Waals surface area contributed by atoms with Gasteiger partial charge in [0, 0.05) is 16.8 Å². The first-order valence-electron chi connectivity index (χ1n) is 10.4. The number of fused-ring (bicyclic) bond motifs is 1. The van der Waals surface area contributed by atoms with E-state index in [1.54, 1.807) is 22.7 Å². The fraction of sp³-hybridized carbons (Fsp3) is 0.261. The summed E-state index contributed by atoms with van der Waals surface area (Å²) in [7, 11) is 0. The van der Waals surface area contributed by atoms with Gasteiger partial charge in [0.2, 0.25) is 4.96 Å². The monoisotopic (exact) mass is 480 g/mol. The van der Waals surface area contributed by atoms with Gasteiger partial charge < -0.3 is 10.1 Å². The van der Waals surface area contributed by atoms with Gasteiger partial charge in [-0.15, -0.1) is 10.2 Å². The molecular weight excluding hydrogens is 456 g/mol. The topological polar surface area (TPSA) is 93.4 Å². The van der Waals surface area contributed by atoms with E-state index in [-0.39, 0.29) is 11.0 Å². The van der Waals surface area contributed by atoms with E-state index in [4.69, 9.17) is 17.0 Å². The van der Waals surface area contributed by atoms with Crippen LogP contribution in [0.15, 0.2) is 42.5 Å². The predicted molar refractivity (Wildman–Crippen MR) is 134 cm³/mol. The molecule has 4 aromatic rings. The molecule has 0 unspecified atom stereocenters. The van der Waals surface area contributed by atoms with Crippen LogP contribution in [0.5, 0.6) is 5.75 Å². The van der Waals surface area contributed by atoms with Crippen LogP contribution in [0.25, 0.3) is 15.5 Å². The number of hydrogen-bond donors (Lipinski definition) is 2. The number of hydrogen-bond acceptors (Lipinski definition) is 7. The van der Waals surface area contributed by atoms with Crippen molar-refractivity contribution in [3.63, 3.8) is 0 Å². The average Bonchev–Trinajstić information content (AvgIpc) is 3.36. The van der Waals surface area contributed by atoms with E-state index < -0.39 is 0 Å². The lowest BCUT2D eigenvalue weighted by Gasteiger charge is -2.13. The minimum Gasteiger partial charge on any atom is -0.493 e. The Kier molecular flexibility index (Phi) is 6.66. The SMILES string of the molecule is Cc1cc(-c2nn3c(C)nnc3s2)ccc1NC(=S)NC(=O)c1cccc(OCC(C)C)c1. The van der Waals surface area contributed by atoms with Crippen molar-refractivity contribution in [1.29, 1.82) is 0 Å². The van der Waals surface area contributed by atoms with Crippen LogP contribution in [-0.4, -0.2) is 37.4 Å². The molecule has 1 amide bonds. The van der Waals surface area contributed by atoms with Gasteiger partial charge in [-0.3, -0.25) is 10.1 Å². The molecule has 0 aliphatic carbocycles. The largest absolute Gasteiger partial charge is 0.493 e. The summed E-state index contributed by atoms with van der Waals surface area (Å²) in [5.41, 5.74) is 3.22. The van der Waals surface area contributed by atoms with E-state index in [9.17, 15) is 4.79 Å². The Hall–Kier alpha value is -3.37. The molecule has 0 radical (unpaired) electrons. The number of benzene rings is 2. The molecule has 0 bridgehead atoms. The Morgan fingerprint density at radius 1 is 1.18 bits per heavy atom. The van der Waals surface area contributed by atoms with Gasteiger partial charge in [0.15, 0.2) is 10.9 Å². The maximum absolute atomic E-state index is 12.6. The fourth-order valence-electron chi connectivity index (χ4n) is 3.09. The standard InChI is InChI=1S/C23H24N6O2S2/c1-13(2)12-31-18-7-5-6-16(11-18)20(30)25-22(32)24-19-9-8-17(10-14(19)3)21-28-29-15(4)26-27-23(29)33-21/h5-11,13H,12H2,1-4H3,(H2,24,25,30,32). The molecule has 0 aliphatic rings. The van der Waals surface area contributed by atoms with Gasteiger partial charge in [0.1, 0.15) is 10.8 Å². The molecule has 2 aromatic carbocycles. The zero-order chi connectivity index (χ0) is 23.5. The third-order valence-corrected chi connectivity index (χ3v) is 5.93. The summed E-state index contributed by atoms with van der Waals surface area (Å²) in [5, 5.41) is 19.6. The first-order chi connectivity index (χ1) is 15.8. The van der Waals surface area contributed by atoms with Crippen LogP contribution >= 0.6 is 23.6 Å². The second kappa shape index (κ2) is 9.63. The molecule has 0 atom stereocenters. The molecule has 0 fully saturated rings.